The van der Waals surface area contributed by atoms with Gasteiger partial charge in [-0.1, -0.05) is 25.4 Å². The average molecular weight is 278 g/mol. The number of aromatic amines is 1. The third kappa shape index (κ3) is 2.17. The van der Waals surface area contributed by atoms with Crippen molar-refractivity contribution in [3.8, 4) is 0 Å². The Bertz CT molecular complexity index is 690. The summed E-state index contributed by atoms with van der Waals surface area (Å²) >= 11 is 6.04. The lowest BCUT2D eigenvalue weighted by Gasteiger charge is -2.28. The minimum Gasteiger partial charge on any atom is -0.373 e. The standard InChI is InChI=1S/C15H16ClNO2/c1-8(2)14-6-13-12(7-19-14)11-5-9(16)3-4-10(11)15(18)17-13/h3-5,8,14H,6-7H2,1-2H3,(H,17,18). The molecule has 100 valence electrons. The summed E-state index contributed by atoms with van der Waals surface area (Å²) in [6.07, 6.45) is 0.921. The van der Waals surface area contributed by atoms with Crippen LogP contribution >= 0.6 is 11.6 Å². The predicted molar refractivity (Wildman–Crippen MR) is 76.7 cm³/mol. The zero-order valence-corrected chi connectivity index (χ0v) is 11.8. The highest BCUT2D eigenvalue weighted by atomic mass is 35.5. The number of pyridine rings is 1. The van der Waals surface area contributed by atoms with Crippen LogP contribution in [0.1, 0.15) is 25.1 Å². The van der Waals surface area contributed by atoms with E-state index in [0.717, 1.165) is 23.1 Å². The molecular formula is C15H16ClNO2. The Morgan fingerprint density at radius 3 is 2.89 bits per heavy atom. The van der Waals surface area contributed by atoms with Crippen molar-refractivity contribution in [2.24, 2.45) is 5.92 Å². The average Bonchev–Trinajstić information content (AvgIpc) is 2.37. The molecule has 0 bridgehead atoms. The first-order valence-corrected chi connectivity index (χ1v) is 6.89. The van der Waals surface area contributed by atoms with Gasteiger partial charge in [0.1, 0.15) is 0 Å². The first-order chi connectivity index (χ1) is 9.06. The molecule has 0 amide bonds. The van der Waals surface area contributed by atoms with Crippen LogP contribution in [0.2, 0.25) is 5.02 Å². The second-order valence-corrected chi connectivity index (χ2v) is 5.84. The molecule has 2 aromatic rings. The van der Waals surface area contributed by atoms with Crippen LogP contribution in [0.25, 0.3) is 10.8 Å². The summed E-state index contributed by atoms with van der Waals surface area (Å²) < 4.78 is 5.89. The van der Waals surface area contributed by atoms with Crippen molar-refractivity contribution in [3.05, 3.63) is 44.8 Å². The maximum absolute atomic E-state index is 12.1. The maximum atomic E-state index is 12.1. The summed E-state index contributed by atoms with van der Waals surface area (Å²) in [5, 5.41) is 2.23. The molecule has 0 saturated carbocycles. The molecule has 0 radical (unpaired) electrons. The molecule has 0 aliphatic carbocycles. The van der Waals surface area contributed by atoms with Crippen molar-refractivity contribution >= 4 is 22.4 Å². The van der Waals surface area contributed by atoms with Crippen molar-refractivity contribution in [3.63, 3.8) is 0 Å². The molecule has 1 atom stereocenters. The molecule has 19 heavy (non-hydrogen) atoms. The van der Waals surface area contributed by atoms with Crippen molar-refractivity contribution < 1.29 is 4.74 Å². The summed E-state index contributed by atoms with van der Waals surface area (Å²) in [5.74, 6) is 0.437. The Labute approximate surface area is 116 Å². The summed E-state index contributed by atoms with van der Waals surface area (Å²) in [7, 11) is 0. The molecule has 4 heteroatoms. The Balaban J connectivity index is 2.20. The molecular weight excluding hydrogens is 262 g/mol. The second-order valence-electron chi connectivity index (χ2n) is 5.40. The van der Waals surface area contributed by atoms with Gasteiger partial charge in [-0.15, -0.1) is 0 Å². The Morgan fingerprint density at radius 1 is 1.37 bits per heavy atom. The van der Waals surface area contributed by atoms with Gasteiger partial charge in [0.05, 0.1) is 12.7 Å². The molecule has 1 unspecified atom stereocenters. The molecule has 1 aromatic carbocycles. The Morgan fingerprint density at radius 2 is 2.16 bits per heavy atom. The van der Waals surface area contributed by atoms with Gasteiger partial charge in [0.15, 0.2) is 0 Å². The van der Waals surface area contributed by atoms with Gasteiger partial charge in [-0.25, -0.2) is 0 Å². The van der Waals surface area contributed by atoms with E-state index in [1.165, 1.54) is 0 Å². The summed E-state index contributed by atoms with van der Waals surface area (Å²) in [4.78, 5) is 15.1. The van der Waals surface area contributed by atoms with Crippen molar-refractivity contribution in [2.75, 3.05) is 0 Å². The first kappa shape index (κ1) is 12.7. The number of H-pyrrole nitrogens is 1. The van der Waals surface area contributed by atoms with Crippen molar-refractivity contribution in [1.29, 1.82) is 0 Å². The fourth-order valence-corrected chi connectivity index (χ4v) is 2.80. The van der Waals surface area contributed by atoms with E-state index in [1.807, 2.05) is 6.07 Å². The molecule has 1 aliphatic heterocycles. The van der Waals surface area contributed by atoms with Crippen LogP contribution < -0.4 is 5.56 Å². The SMILES string of the molecule is CC(C)C1Cc2[nH]c(=O)c3ccc(Cl)cc3c2CO1. The van der Waals surface area contributed by atoms with Crippen LogP contribution in [0.3, 0.4) is 0 Å². The monoisotopic (exact) mass is 277 g/mol. The van der Waals surface area contributed by atoms with Gasteiger partial charge in [0, 0.05) is 28.1 Å². The topological polar surface area (TPSA) is 42.1 Å². The third-order valence-corrected chi connectivity index (χ3v) is 4.01. The molecule has 1 aromatic heterocycles. The molecule has 1 aliphatic rings. The number of rotatable bonds is 1. The normalized spacial score (nSPS) is 18.8. The Kier molecular flexibility index (Phi) is 3.11. The summed E-state index contributed by atoms with van der Waals surface area (Å²) in [5.41, 5.74) is 2.01. The maximum Gasteiger partial charge on any atom is 0.256 e. The van der Waals surface area contributed by atoms with E-state index in [1.54, 1.807) is 12.1 Å². The number of benzene rings is 1. The first-order valence-electron chi connectivity index (χ1n) is 6.51. The van der Waals surface area contributed by atoms with Crippen LogP contribution in [0.5, 0.6) is 0 Å². The van der Waals surface area contributed by atoms with Crippen molar-refractivity contribution in [1.82, 2.24) is 4.98 Å². The summed E-state index contributed by atoms with van der Waals surface area (Å²) in [6.45, 7) is 4.79. The highest BCUT2D eigenvalue weighted by Gasteiger charge is 2.24. The lowest BCUT2D eigenvalue weighted by atomic mass is 9.94. The highest BCUT2D eigenvalue weighted by molar-refractivity contribution is 6.31. The highest BCUT2D eigenvalue weighted by Crippen LogP contribution is 2.28. The molecule has 2 heterocycles. The van der Waals surface area contributed by atoms with Crippen LogP contribution in [0.15, 0.2) is 23.0 Å². The minimum absolute atomic E-state index is 0.0465. The largest absolute Gasteiger partial charge is 0.373 e. The molecule has 1 N–H and O–H groups in total. The van der Waals surface area contributed by atoms with E-state index in [9.17, 15) is 4.79 Å². The van der Waals surface area contributed by atoms with Crippen LogP contribution in [-0.4, -0.2) is 11.1 Å². The number of hydrogen-bond acceptors (Lipinski definition) is 2. The zero-order chi connectivity index (χ0) is 13.6. The third-order valence-electron chi connectivity index (χ3n) is 3.77. The fourth-order valence-electron chi connectivity index (χ4n) is 2.62. The second kappa shape index (κ2) is 4.66. The number of hydrogen-bond donors (Lipinski definition) is 1. The van der Waals surface area contributed by atoms with Gasteiger partial charge in [-0.3, -0.25) is 4.79 Å². The van der Waals surface area contributed by atoms with Gasteiger partial charge in [0.2, 0.25) is 0 Å². The van der Waals surface area contributed by atoms with Gasteiger partial charge in [0.25, 0.3) is 5.56 Å². The van der Waals surface area contributed by atoms with Gasteiger partial charge >= 0.3 is 0 Å². The van der Waals surface area contributed by atoms with E-state index in [-0.39, 0.29) is 11.7 Å². The van der Waals surface area contributed by atoms with Crippen molar-refractivity contribution in [2.45, 2.75) is 33.0 Å². The van der Waals surface area contributed by atoms with Crippen LogP contribution in [-0.2, 0) is 17.8 Å². The number of fused-ring (bicyclic) bond motifs is 3. The van der Waals surface area contributed by atoms with Gasteiger partial charge in [-0.05, 0) is 29.5 Å². The number of aromatic nitrogens is 1. The van der Waals surface area contributed by atoms with E-state index in [2.05, 4.69) is 18.8 Å². The summed E-state index contributed by atoms with van der Waals surface area (Å²) in [6, 6.07) is 5.36. The molecule has 0 saturated heterocycles. The smallest absolute Gasteiger partial charge is 0.256 e. The molecule has 0 fully saturated rings. The zero-order valence-electron chi connectivity index (χ0n) is 11.0. The van der Waals surface area contributed by atoms with Gasteiger partial charge < -0.3 is 9.72 Å². The molecule has 3 rings (SSSR count). The number of ether oxygens (including phenoxy) is 1. The van der Waals surface area contributed by atoms with E-state index >= 15 is 0 Å². The predicted octanol–water partition coefficient (Wildman–Crippen LogP) is 3.28. The lowest BCUT2D eigenvalue weighted by molar-refractivity contribution is -0.000821. The van der Waals surface area contributed by atoms with E-state index in [0.29, 0.717) is 22.9 Å². The minimum atomic E-state index is -0.0465. The molecule has 0 spiro atoms. The van der Waals surface area contributed by atoms with Crippen LogP contribution in [0.4, 0.5) is 0 Å². The Hall–Kier alpha value is -1.32. The lowest BCUT2D eigenvalue weighted by Crippen LogP contribution is -2.30. The van der Waals surface area contributed by atoms with Crippen LogP contribution in [0, 0.1) is 5.92 Å². The fraction of sp³-hybridized carbons (Fsp3) is 0.400. The number of nitrogens with one attached hydrogen (secondary N) is 1. The van der Waals surface area contributed by atoms with E-state index < -0.39 is 0 Å². The number of halogens is 1. The quantitative estimate of drug-likeness (QED) is 0.869. The van der Waals surface area contributed by atoms with E-state index in [4.69, 9.17) is 16.3 Å². The molecule has 3 nitrogen and oxygen atoms in total. The van der Waals surface area contributed by atoms with Gasteiger partial charge in [-0.2, -0.15) is 0 Å².